The van der Waals surface area contributed by atoms with Gasteiger partial charge in [-0.1, -0.05) is 34.5 Å². The molecule has 1 aromatic rings. The van der Waals surface area contributed by atoms with E-state index in [1.165, 1.54) is 0 Å². The molecule has 0 aromatic heterocycles. The summed E-state index contributed by atoms with van der Waals surface area (Å²) in [5.74, 6) is -1.29. The molecule has 0 saturated heterocycles. The lowest BCUT2D eigenvalue weighted by molar-refractivity contribution is -0.143. The van der Waals surface area contributed by atoms with Gasteiger partial charge in [0.05, 0.1) is 10.9 Å². The number of hydrogen-bond acceptors (Lipinski definition) is 3. The number of nitrogens with zero attached hydrogens (tertiary/aromatic N) is 1. The van der Waals surface area contributed by atoms with E-state index in [9.17, 15) is 9.59 Å². The van der Waals surface area contributed by atoms with Crippen molar-refractivity contribution in [2.45, 2.75) is 25.8 Å². The first-order chi connectivity index (χ1) is 10.4. The minimum Gasteiger partial charge on any atom is -0.482 e. The summed E-state index contributed by atoms with van der Waals surface area (Å²) in [6.07, 6.45) is 1.83. The van der Waals surface area contributed by atoms with Crippen molar-refractivity contribution in [3.05, 3.63) is 27.7 Å². The lowest BCUT2D eigenvalue weighted by Crippen LogP contribution is -2.41. The van der Waals surface area contributed by atoms with Gasteiger partial charge in [0, 0.05) is 17.1 Å². The van der Waals surface area contributed by atoms with Gasteiger partial charge < -0.3 is 14.7 Å². The van der Waals surface area contributed by atoms with Gasteiger partial charge in [-0.2, -0.15) is 0 Å². The zero-order chi connectivity index (χ0) is 16.3. The summed E-state index contributed by atoms with van der Waals surface area (Å²) in [4.78, 5) is 24.9. The molecule has 5 nitrogen and oxygen atoms in total. The average molecular weight is 391 g/mol. The minimum absolute atomic E-state index is 0.137. The number of benzene rings is 1. The van der Waals surface area contributed by atoms with Crippen LogP contribution >= 0.6 is 27.5 Å². The van der Waals surface area contributed by atoms with E-state index >= 15 is 0 Å². The van der Waals surface area contributed by atoms with Crippen LogP contribution in [0.1, 0.15) is 19.8 Å². The maximum atomic E-state index is 12.3. The maximum absolute atomic E-state index is 12.3. The van der Waals surface area contributed by atoms with Crippen LogP contribution in [0.5, 0.6) is 5.75 Å². The molecule has 7 heteroatoms. The molecule has 1 aliphatic carbocycles. The highest BCUT2D eigenvalue weighted by molar-refractivity contribution is 9.10. The number of rotatable bonds is 7. The van der Waals surface area contributed by atoms with Gasteiger partial charge in [0.2, 0.25) is 0 Å². The van der Waals surface area contributed by atoms with E-state index in [4.69, 9.17) is 21.4 Å². The number of ether oxygens (including phenoxy) is 1. The second-order valence-corrected chi connectivity index (χ2v) is 6.70. The number of hydrogen-bond donors (Lipinski definition) is 1. The molecular weight excluding hydrogens is 374 g/mol. The molecule has 1 amide bonds. The SMILES string of the molecule is CC(CN(C(=O)COc1ccc(Br)cc1Cl)C1CC1)C(=O)O. The number of carbonyl (C=O) groups is 2. The molecule has 120 valence electrons. The molecule has 1 atom stereocenters. The zero-order valence-corrected chi connectivity index (χ0v) is 14.4. The summed E-state index contributed by atoms with van der Waals surface area (Å²) in [6.45, 7) is 1.65. The molecule has 0 heterocycles. The summed E-state index contributed by atoms with van der Waals surface area (Å²) < 4.78 is 6.29. The van der Waals surface area contributed by atoms with E-state index in [-0.39, 0.29) is 25.1 Å². The van der Waals surface area contributed by atoms with Crippen LogP contribution in [0.4, 0.5) is 0 Å². The van der Waals surface area contributed by atoms with E-state index in [0.29, 0.717) is 10.8 Å². The average Bonchev–Trinajstić information content (AvgIpc) is 3.27. The highest BCUT2D eigenvalue weighted by Gasteiger charge is 2.34. The zero-order valence-electron chi connectivity index (χ0n) is 12.1. The number of carbonyl (C=O) groups excluding carboxylic acids is 1. The molecule has 0 radical (unpaired) electrons. The molecule has 1 aromatic carbocycles. The van der Waals surface area contributed by atoms with Crippen LogP contribution in [0.15, 0.2) is 22.7 Å². The monoisotopic (exact) mass is 389 g/mol. The number of carboxylic acids is 1. The predicted molar refractivity (Wildman–Crippen MR) is 86.2 cm³/mol. The van der Waals surface area contributed by atoms with Crippen molar-refractivity contribution in [1.82, 2.24) is 4.90 Å². The fourth-order valence-corrected chi connectivity index (χ4v) is 2.76. The van der Waals surface area contributed by atoms with E-state index in [1.807, 2.05) is 0 Å². The number of amides is 1. The molecule has 22 heavy (non-hydrogen) atoms. The Morgan fingerprint density at radius 2 is 2.18 bits per heavy atom. The van der Waals surface area contributed by atoms with Gasteiger partial charge in [0.25, 0.3) is 5.91 Å². The summed E-state index contributed by atoms with van der Waals surface area (Å²) in [6, 6.07) is 5.28. The van der Waals surface area contributed by atoms with Crippen LogP contribution in [-0.2, 0) is 9.59 Å². The molecule has 0 aliphatic heterocycles. The van der Waals surface area contributed by atoms with Crippen molar-refractivity contribution in [1.29, 1.82) is 0 Å². The lowest BCUT2D eigenvalue weighted by atomic mass is 10.1. The quantitative estimate of drug-likeness (QED) is 0.776. The van der Waals surface area contributed by atoms with Crippen molar-refractivity contribution in [3.8, 4) is 5.75 Å². The predicted octanol–water partition coefficient (Wildman–Crippen LogP) is 3.19. The first-order valence-corrected chi connectivity index (χ1v) is 8.15. The van der Waals surface area contributed by atoms with Crippen LogP contribution in [-0.4, -0.2) is 41.1 Å². The van der Waals surface area contributed by atoms with E-state index in [1.54, 1.807) is 30.0 Å². The number of halogens is 2. The normalized spacial score (nSPS) is 15.2. The molecule has 0 bridgehead atoms. The Balaban J connectivity index is 1.95. The second kappa shape index (κ2) is 7.33. The van der Waals surface area contributed by atoms with Gasteiger partial charge in [-0.05, 0) is 31.0 Å². The molecule has 2 rings (SSSR count). The lowest BCUT2D eigenvalue weighted by Gasteiger charge is -2.24. The molecule has 1 fully saturated rings. The van der Waals surface area contributed by atoms with Crippen LogP contribution in [0.3, 0.4) is 0 Å². The fraction of sp³-hybridized carbons (Fsp3) is 0.467. The maximum Gasteiger partial charge on any atom is 0.308 e. The Morgan fingerprint density at radius 3 is 2.73 bits per heavy atom. The first kappa shape index (κ1) is 17.1. The number of carboxylic acid groups (broad SMARTS) is 1. The summed E-state index contributed by atoms with van der Waals surface area (Å²) >= 11 is 9.33. The van der Waals surface area contributed by atoms with Crippen molar-refractivity contribution in [3.63, 3.8) is 0 Å². The van der Waals surface area contributed by atoms with Crippen molar-refractivity contribution < 1.29 is 19.4 Å². The van der Waals surface area contributed by atoms with Gasteiger partial charge in [-0.3, -0.25) is 9.59 Å². The van der Waals surface area contributed by atoms with Crippen molar-refractivity contribution in [2.75, 3.05) is 13.2 Å². The Hall–Kier alpha value is -1.27. The molecule has 1 saturated carbocycles. The fourth-order valence-electron chi connectivity index (χ4n) is 2.03. The van der Waals surface area contributed by atoms with Gasteiger partial charge in [0.1, 0.15) is 5.75 Å². The van der Waals surface area contributed by atoms with E-state index in [0.717, 1.165) is 17.3 Å². The standard InChI is InChI=1S/C15H17BrClNO4/c1-9(15(20)21)7-18(11-3-4-11)14(19)8-22-13-5-2-10(16)6-12(13)17/h2,5-6,9,11H,3-4,7-8H2,1H3,(H,20,21). The summed E-state index contributed by atoms with van der Waals surface area (Å²) in [7, 11) is 0. The third-order valence-corrected chi connectivity index (χ3v) is 4.23. The highest BCUT2D eigenvalue weighted by Crippen LogP contribution is 2.29. The van der Waals surface area contributed by atoms with Crippen LogP contribution in [0, 0.1) is 5.92 Å². The Morgan fingerprint density at radius 1 is 1.50 bits per heavy atom. The second-order valence-electron chi connectivity index (χ2n) is 5.38. The Kier molecular flexibility index (Phi) is 5.69. The number of aliphatic carboxylic acids is 1. The Bertz CT molecular complexity index is 577. The van der Waals surface area contributed by atoms with Crippen LogP contribution < -0.4 is 4.74 Å². The molecule has 1 unspecified atom stereocenters. The molecule has 0 spiro atoms. The Labute approximate surface area is 142 Å². The minimum atomic E-state index is -0.907. The summed E-state index contributed by atoms with van der Waals surface area (Å²) in [5, 5.41) is 9.41. The van der Waals surface area contributed by atoms with Gasteiger partial charge in [-0.15, -0.1) is 0 Å². The van der Waals surface area contributed by atoms with Crippen LogP contribution in [0.2, 0.25) is 5.02 Å². The van der Waals surface area contributed by atoms with Crippen LogP contribution in [0.25, 0.3) is 0 Å². The molecule has 1 N–H and O–H groups in total. The summed E-state index contributed by atoms with van der Waals surface area (Å²) in [5.41, 5.74) is 0. The van der Waals surface area contributed by atoms with Gasteiger partial charge in [0.15, 0.2) is 6.61 Å². The van der Waals surface area contributed by atoms with E-state index in [2.05, 4.69) is 15.9 Å². The highest BCUT2D eigenvalue weighted by atomic mass is 79.9. The van der Waals surface area contributed by atoms with Gasteiger partial charge in [-0.25, -0.2) is 0 Å². The smallest absolute Gasteiger partial charge is 0.308 e. The largest absolute Gasteiger partial charge is 0.482 e. The third kappa shape index (κ3) is 4.61. The topological polar surface area (TPSA) is 66.8 Å². The third-order valence-electron chi connectivity index (χ3n) is 3.45. The van der Waals surface area contributed by atoms with E-state index < -0.39 is 11.9 Å². The van der Waals surface area contributed by atoms with Crippen molar-refractivity contribution >= 4 is 39.4 Å². The first-order valence-electron chi connectivity index (χ1n) is 6.98. The van der Waals surface area contributed by atoms with Gasteiger partial charge >= 0.3 is 5.97 Å². The molecular formula is C15H17BrClNO4. The molecule has 1 aliphatic rings. The van der Waals surface area contributed by atoms with Crippen molar-refractivity contribution in [2.24, 2.45) is 5.92 Å².